The minimum Gasteiger partial charge on any atom is -0.390 e. The molecule has 0 bridgehead atoms. The number of carbonyl (C=O) groups excluding carboxylic acids is 1. The fraction of sp³-hybridized carbons (Fsp3) is 0.588. The van der Waals surface area contributed by atoms with Gasteiger partial charge in [-0.3, -0.25) is 4.79 Å². The van der Waals surface area contributed by atoms with Crippen LogP contribution in [0.1, 0.15) is 35.7 Å². The Morgan fingerprint density at radius 2 is 2.14 bits per heavy atom. The van der Waals surface area contributed by atoms with E-state index in [1.165, 1.54) is 12.8 Å². The molecule has 2 rings (SSSR count). The van der Waals surface area contributed by atoms with Crippen LogP contribution in [0.3, 0.4) is 0 Å². The summed E-state index contributed by atoms with van der Waals surface area (Å²) in [6, 6.07) is 5.37. The Hall–Kier alpha value is -1.10. The van der Waals surface area contributed by atoms with Gasteiger partial charge in [-0.25, -0.2) is 0 Å². The zero-order valence-corrected chi connectivity index (χ0v) is 14.1. The summed E-state index contributed by atoms with van der Waals surface area (Å²) in [5.41, 5.74) is 1.33. The molecular weight excluding hydrogens is 300 g/mol. The third-order valence-corrected chi connectivity index (χ3v) is 4.78. The van der Waals surface area contributed by atoms with Crippen LogP contribution >= 0.6 is 11.6 Å². The van der Waals surface area contributed by atoms with Gasteiger partial charge in [0.05, 0.1) is 16.7 Å². The van der Waals surface area contributed by atoms with Crippen molar-refractivity contribution in [2.24, 2.45) is 5.92 Å². The molecule has 4 nitrogen and oxygen atoms in total. The van der Waals surface area contributed by atoms with Crippen LogP contribution in [0.4, 0.5) is 0 Å². The predicted octanol–water partition coefficient (Wildman–Crippen LogP) is 2.47. The van der Waals surface area contributed by atoms with Crippen LogP contribution in [-0.2, 0) is 0 Å². The smallest absolute Gasteiger partial charge is 0.252 e. The van der Waals surface area contributed by atoms with E-state index in [0.29, 0.717) is 17.1 Å². The number of nitrogens with zero attached hydrogens (tertiary/aromatic N) is 1. The summed E-state index contributed by atoms with van der Waals surface area (Å²) >= 11 is 6.14. The Morgan fingerprint density at radius 3 is 2.82 bits per heavy atom. The molecule has 1 aromatic carbocycles. The molecule has 1 fully saturated rings. The van der Waals surface area contributed by atoms with Gasteiger partial charge < -0.3 is 15.3 Å². The number of aliphatic hydroxyl groups is 1. The number of benzene rings is 1. The van der Waals surface area contributed by atoms with E-state index in [-0.39, 0.29) is 12.5 Å². The first-order valence-corrected chi connectivity index (χ1v) is 8.29. The minimum absolute atomic E-state index is 0.236. The largest absolute Gasteiger partial charge is 0.390 e. The molecule has 0 aliphatic carbocycles. The van der Waals surface area contributed by atoms with Crippen LogP contribution in [0.5, 0.6) is 0 Å². The molecule has 1 saturated heterocycles. The summed E-state index contributed by atoms with van der Waals surface area (Å²) < 4.78 is 0. The van der Waals surface area contributed by atoms with Crippen LogP contribution < -0.4 is 5.32 Å². The molecular formula is C17H25ClN2O2. The summed E-state index contributed by atoms with van der Waals surface area (Å²) in [7, 11) is 0. The molecule has 122 valence electrons. The predicted molar refractivity (Wildman–Crippen MR) is 89.4 cm³/mol. The molecule has 0 aromatic heterocycles. The van der Waals surface area contributed by atoms with Crippen LogP contribution in [0.2, 0.25) is 5.02 Å². The van der Waals surface area contributed by atoms with Crippen molar-refractivity contribution >= 4 is 17.5 Å². The lowest BCUT2D eigenvalue weighted by molar-refractivity contribution is 0.0795. The molecule has 1 aliphatic rings. The molecule has 1 aliphatic heterocycles. The van der Waals surface area contributed by atoms with Gasteiger partial charge in [0.15, 0.2) is 0 Å². The number of rotatable bonds is 5. The number of piperidine rings is 1. The summed E-state index contributed by atoms with van der Waals surface area (Å²) in [5.74, 6) is 0.538. The third-order valence-electron chi connectivity index (χ3n) is 4.28. The molecule has 1 unspecified atom stereocenters. The Balaban J connectivity index is 1.79. The number of likely N-dealkylation sites (tertiary alicyclic amines) is 1. The summed E-state index contributed by atoms with van der Waals surface area (Å²) in [5, 5.41) is 13.3. The Bertz CT molecular complexity index is 513. The Labute approximate surface area is 137 Å². The lowest BCUT2D eigenvalue weighted by Crippen LogP contribution is -2.43. The second-order valence-electron chi connectivity index (χ2n) is 6.28. The fourth-order valence-electron chi connectivity index (χ4n) is 2.74. The number of hydrogen-bond donors (Lipinski definition) is 2. The van der Waals surface area contributed by atoms with E-state index >= 15 is 0 Å². The molecule has 22 heavy (non-hydrogen) atoms. The van der Waals surface area contributed by atoms with E-state index in [9.17, 15) is 9.90 Å². The fourth-order valence-corrected chi connectivity index (χ4v) is 2.95. The summed E-state index contributed by atoms with van der Waals surface area (Å²) in [4.78, 5) is 14.4. The average molecular weight is 325 g/mol. The molecule has 0 spiro atoms. The maximum atomic E-state index is 12.1. The Kier molecular flexibility index (Phi) is 6.24. The van der Waals surface area contributed by atoms with Gasteiger partial charge in [0.1, 0.15) is 0 Å². The minimum atomic E-state index is -0.555. The van der Waals surface area contributed by atoms with E-state index in [1.807, 2.05) is 13.0 Å². The zero-order chi connectivity index (χ0) is 16.1. The highest BCUT2D eigenvalue weighted by Crippen LogP contribution is 2.20. The van der Waals surface area contributed by atoms with Crippen LogP contribution in [-0.4, -0.2) is 48.2 Å². The van der Waals surface area contributed by atoms with Crippen molar-refractivity contribution in [1.82, 2.24) is 10.2 Å². The number of nitrogens with one attached hydrogen (secondary N) is 1. The van der Waals surface area contributed by atoms with Crippen molar-refractivity contribution < 1.29 is 9.90 Å². The molecule has 2 N–H and O–H groups in total. The molecule has 1 heterocycles. The SMILES string of the molecule is Cc1cccc(C(=O)NCC(O)CN2CCC(C)CC2)c1Cl. The number of aryl methyl sites for hydroxylation is 1. The van der Waals surface area contributed by atoms with Gasteiger partial charge in [-0.05, 0) is 50.4 Å². The van der Waals surface area contributed by atoms with Crippen molar-refractivity contribution in [3.8, 4) is 0 Å². The molecule has 1 aromatic rings. The standard InChI is InChI=1S/C17H25ClN2O2/c1-12-6-8-20(9-7-12)11-14(21)10-19-17(22)15-5-3-4-13(2)16(15)18/h3-5,12,14,21H,6-11H2,1-2H3,(H,19,22). The van der Waals surface area contributed by atoms with Gasteiger partial charge >= 0.3 is 0 Å². The summed E-state index contributed by atoms with van der Waals surface area (Å²) in [6.07, 6.45) is 1.80. The lowest BCUT2D eigenvalue weighted by Gasteiger charge is -2.31. The van der Waals surface area contributed by atoms with E-state index in [1.54, 1.807) is 12.1 Å². The highest BCUT2D eigenvalue weighted by Gasteiger charge is 2.19. The van der Waals surface area contributed by atoms with E-state index in [4.69, 9.17) is 11.6 Å². The average Bonchev–Trinajstić information content (AvgIpc) is 2.50. The Morgan fingerprint density at radius 1 is 1.45 bits per heavy atom. The molecule has 5 heteroatoms. The number of halogens is 1. The van der Waals surface area contributed by atoms with Crippen molar-refractivity contribution in [1.29, 1.82) is 0 Å². The number of amides is 1. The second kappa shape index (κ2) is 7.95. The first-order valence-electron chi connectivity index (χ1n) is 7.91. The highest BCUT2D eigenvalue weighted by molar-refractivity contribution is 6.34. The van der Waals surface area contributed by atoms with Gasteiger partial charge in [-0.2, -0.15) is 0 Å². The number of aliphatic hydroxyl groups excluding tert-OH is 1. The van der Waals surface area contributed by atoms with Crippen molar-refractivity contribution in [2.45, 2.75) is 32.8 Å². The monoisotopic (exact) mass is 324 g/mol. The van der Waals surface area contributed by atoms with Gasteiger partial charge in [0, 0.05) is 13.1 Å². The van der Waals surface area contributed by atoms with Crippen LogP contribution in [0.15, 0.2) is 18.2 Å². The van der Waals surface area contributed by atoms with Crippen LogP contribution in [0, 0.1) is 12.8 Å². The maximum absolute atomic E-state index is 12.1. The van der Waals surface area contributed by atoms with Gasteiger partial charge in [-0.15, -0.1) is 0 Å². The van der Waals surface area contributed by atoms with E-state index in [0.717, 1.165) is 24.6 Å². The van der Waals surface area contributed by atoms with E-state index in [2.05, 4.69) is 17.1 Å². The van der Waals surface area contributed by atoms with Crippen molar-refractivity contribution in [2.75, 3.05) is 26.2 Å². The molecule has 0 radical (unpaired) electrons. The third kappa shape index (κ3) is 4.70. The molecule has 0 saturated carbocycles. The van der Waals surface area contributed by atoms with Crippen LogP contribution in [0.25, 0.3) is 0 Å². The first-order chi connectivity index (χ1) is 10.5. The molecule has 1 atom stereocenters. The van der Waals surface area contributed by atoms with Gasteiger partial charge in [-0.1, -0.05) is 30.7 Å². The number of hydrogen-bond acceptors (Lipinski definition) is 3. The van der Waals surface area contributed by atoms with Gasteiger partial charge in [0.2, 0.25) is 0 Å². The highest BCUT2D eigenvalue weighted by atomic mass is 35.5. The molecule has 1 amide bonds. The zero-order valence-electron chi connectivity index (χ0n) is 13.3. The van der Waals surface area contributed by atoms with E-state index < -0.39 is 6.10 Å². The topological polar surface area (TPSA) is 52.6 Å². The normalized spacial score (nSPS) is 18.2. The number of β-amino-alcohol motifs (C(OH)–C–C–N with tert-alkyl or cyclic N) is 1. The maximum Gasteiger partial charge on any atom is 0.252 e. The second-order valence-corrected chi connectivity index (χ2v) is 6.66. The van der Waals surface area contributed by atoms with Crippen molar-refractivity contribution in [3.05, 3.63) is 34.3 Å². The first kappa shape index (κ1) is 17.3. The van der Waals surface area contributed by atoms with Gasteiger partial charge in [0.25, 0.3) is 5.91 Å². The quantitative estimate of drug-likeness (QED) is 0.875. The summed E-state index contributed by atoms with van der Waals surface area (Å²) in [6.45, 7) is 7.03. The van der Waals surface area contributed by atoms with Crippen molar-refractivity contribution in [3.63, 3.8) is 0 Å². The number of carbonyl (C=O) groups is 1. The lowest BCUT2D eigenvalue weighted by atomic mass is 9.99.